The van der Waals surface area contributed by atoms with Gasteiger partial charge in [0.25, 0.3) is 5.67 Å². The van der Waals surface area contributed by atoms with E-state index >= 15 is 0 Å². The summed E-state index contributed by atoms with van der Waals surface area (Å²) in [4.78, 5) is 0. The monoisotopic (exact) mass is 420 g/mol. The second-order valence-electron chi connectivity index (χ2n) is 5.94. The fraction of sp³-hybridized carbons (Fsp3) is 0.571. The lowest BCUT2D eigenvalue weighted by Crippen LogP contribution is -2.83. The molecule has 2 rings (SSSR count). The Morgan fingerprint density at radius 1 is 0.630 bits per heavy atom. The zero-order valence-electron chi connectivity index (χ0n) is 12.6. The molecule has 1 aromatic rings. The highest BCUT2D eigenvalue weighted by Crippen LogP contribution is 2.70. The van der Waals surface area contributed by atoms with E-state index in [9.17, 15) is 57.8 Å². The number of aliphatic hydroxyl groups excluding tert-OH is 1. The lowest BCUT2D eigenvalue weighted by molar-refractivity contribution is -0.487. The Hall–Kier alpha value is -1.66. The van der Waals surface area contributed by atoms with Crippen molar-refractivity contribution in [1.29, 1.82) is 0 Å². The van der Waals surface area contributed by atoms with Gasteiger partial charge < -0.3 is 5.11 Å². The number of benzene rings is 1. The van der Waals surface area contributed by atoms with Gasteiger partial charge in [0.05, 0.1) is 6.10 Å². The molecule has 1 saturated carbocycles. The SMILES string of the molecule is OC(CC1(F)C(F)(F)C(F)(F)C(F)(F)C(F)(F)C1(F)F)c1ccc(F)cc1. The van der Waals surface area contributed by atoms with Gasteiger partial charge in [-0.15, -0.1) is 0 Å². The van der Waals surface area contributed by atoms with E-state index in [-0.39, 0.29) is 0 Å². The highest BCUT2D eigenvalue weighted by molar-refractivity contribution is 5.28. The summed E-state index contributed by atoms with van der Waals surface area (Å²) < 4.78 is 161. The molecule has 0 spiro atoms. The lowest BCUT2D eigenvalue weighted by atomic mass is 9.69. The van der Waals surface area contributed by atoms with E-state index in [0.29, 0.717) is 24.3 Å². The highest BCUT2D eigenvalue weighted by atomic mass is 19.4. The average Bonchev–Trinajstić information content (AvgIpc) is 2.53. The molecule has 13 heteroatoms. The van der Waals surface area contributed by atoms with Crippen molar-refractivity contribution in [3.8, 4) is 0 Å². The smallest absolute Gasteiger partial charge is 0.384 e. The topological polar surface area (TPSA) is 20.2 Å². The van der Waals surface area contributed by atoms with Crippen molar-refractivity contribution in [1.82, 2.24) is 0 Å². The van der Waals surface area contributed by atoms with Crippen molar-refractivity contribution in [2.75, 3.05) is 0 Å². The quantitative estimate of drug-likeness (QED) is 0.671. The van der Waals surface area contributed by atoms with Gasteiger partial charge in [-0.25, -0.2) is 8.78 Å². The summed E-state index contributed by atoms with van der Waals surface area (Å²) in [6, 6.07) is 2.12. The molecule has 0 amide bonds. The summed E-state index contributed by atoms with van der Waals surface area (Å²) >= 11 is 0. The van der Waals surface area contributed by atoms with Crippen molar-refractivity contribution in [3.63, 3.8) is 0 Å². The molecule has 1 atom stereocenters. The molecular weight excluding hydrogens is 412 g/mol. The van der Waals surface area contributed by atoms with Crippen LogP contribution in [0.15, 0.2) is 24.3 Å². The predicted octanol–water partition coefficient (Wildman–Crippen LogP) is 5.15. The summed E-state index contributed by atoms with van der Waals surface area (Å²) in [5, 5.41) is 9.56. The standard InChI is InChI=1S/C14H8F12O/c15-7-3-1-6(2-4-7)8(27)5-9(16)10(17,18)12(21,22)14(25,26)13(23,24)11(9,19)20/h1-4,8,27H,5H2. The third-order valence-corrected chi connectivity index (χ3v) is 4.30. The summed E-state index contributed by atoms with van der Waals surface area (Å²) in [6.07, 6.45) is -5.66. The van der Waals surface area contributed by atoms with Crippen molar-refractivity contribution in [3.05, 3.63) is 35.6 Å². The molecule has 0 aliphatic heterocycles. The Morgan fingerprint density at radius 2 is 0.963 bits per heavy atom. The molecule has 27 heavy (non-hydrogen) atoms. The minimum Gasteiger partial charge on any atom is -0.388 e. The van der Waals surface area contributed by atoms with Crippen LogP contribution >= 0.6 is 0 Å². The first-order valence-corrected chi connectivity index (χ1v) is 6.90. The molecule has 0 saturated heterocycles. The van der Waals surface area contributed by atoms with Gasteiger partial charge in [0.15, 0.2) is 0 Å². The molecule has 0 heterocycles. The first-order chi connectivity index (χ1) is 11.9. The van der Waals surface area contributed by atoms with Crippen molar-refractivity contribution >= 4 is 0 Å². The van der Waals surface area contributed by atoms with E-state index in [2.05, 4.69) is 0 Å². The van der Waals surface area contributed by atoms with Crippen LogP contribution in [0.2, 0.25) is 0 Å². The van der Waals surface area contributed by atoms with Crippen LogP contribution in [-0.4, -0.2) is 40.4 Å². The van der Waals surface area contributed by atoms with Gasteiger partial charge in [-0.05, 0) is 17.7 Å². The minimum absolute atomic E-state index is 0.526. The molecule has 1 aliphatic carbocycles. The van der Waals surface area contributed by atoms with Gasteiger partial charge in [0, 0.05) is 6.42 Å². The van der Waals surface area contributed by atoms with Gasteiger partial charge in [-0.1, -0.05) is 12.1 Å². The molecule has 1 unspecified atom stereocenters. The van der Waals surface area contributed by atoms with Gasteiger partial charge in [-0.3, -0.25) is 0 Å². The first kappa shape index (κ1) is 21.6. The van der Waals surface area contributed by atoms with E-state index < -0.39 is 59.2 Å². The Bertz CT molecular complexity index is 681. The third-order valence-electron chi connectivity index (χ3n) is 4.30. The van der Waals surface area contributed by atoms with Gasteiger partial charge in [0.2, 0.25) is 0 Å². The third kappa shape index (κ3) is 2.39. The molecule has 0 radical (unpaired) electrons. The molecule has 1 aliphatic rings. The number of hydrogen-bond acceptors (Lipinski definition) is 1. The summed E-state index contributed by atoms with van der Waals surface area (Å²) in [7, 11) is 0. The van der Waals surface area contributed by atoms with Crippen LogP contribution in [0.25, 0.3) is 0 Å². The van der Waals surface area contributed by atoms with Gasteiger partial charge in [0.1, 0.15) is 5.82 Å². The summed E-state index contributed by atoms with van der Waals surface area (Å²) in [5.41, 5.74) is -7.06. The van der Waals surface area contributed by atoms with Crippen molar-refractivity contribution < 1.29 is 57.8 Å². The van der Waals surface area contributed by atoms with Crippen LogP contribution in [0.3, 0.4) is 0 Å². The summed E-state index contributed by atoms with van der Waals surface area (Å²) in [6.45, 7) is 0. The molecule has 154 valence electrons. The van der Waals surface area contributed by atoms with E-state index in [1.54, 1.807) is 0 Å². The van der Waals surface area contributed by atoms with Crippen LogP contribution in [0.4, 0.5) is 52.7 Å². The van der Waals surface area contributed by atoms with Crippen LogP contribution < -0.4 is 0 Å². The Kier molecular flexibility index (Phi) is 4.55. The predicted molar refractivity (Wildman–Crippen MR) is 64.6 cm³/mol. The van der Waals surface area contributed by atoms with Crippen molar-refractivity contribution in [2.24, 2.45) is 0 Å². The van der Waals surface area contributed by atoms with E-state index in [0.717, 1.165) is 0 Å². The maximum absolute atomic E-state index is 14.5. The van der Waals surface area contributed by atoms with Gasteiger partial charge in [-0.2, -0.15) is 43.9 Å². The Labute approximate surface area is 142 Å². The Balaban J connectivity index is 2.62. The van der Waals surface area contributed by atoms with E-state index in [1.165, 1.54) is 0 Å². The second-order valence-corrected chi connectivity index (χ2v) is 5.94. The number of rotatable bonds is 3. The van der Waals surface area contributed by atoms with E-state index in [1.807, 2.05) is 0 Å². The number of alkyl halides is 11. The van der Waals surface area contributed by atoms with Crippen LogP contribution in [0.5, 0.6) is 0 Å². The number of halogens is 12. The largest absolute Gasteiger partial charge is 0.388 e. The molecule has 0 bridgehead atoms. The lowest BCUT2D eigenvalue weighted by Gasteiger charge is -2.52. The molecule has 1 nitrogen and oxygen atoms in total. The average molecular weight is 420 g/mol. The molecule has 1 N–H and O–H groups in total. The second kappa shape index (κ2) is 5.67. The fourth-order valence-electron chi connectivity index (χ4n) is 2.61. The zero-order chi connectivity index (χ0) is 21.3. The molecular formula is C14H8F12O. The van der Waals surface area contributed by atoms with Crippen LogP contribution in [0, 0.1) is 5.82 Å². The number of aliphatic hydroxyl groups is 1. The highest BCUT2D eigenvalue weighted by Gasteiger charge is 3.00. The molecule has 1 aromatic carbocycles. The van der Waals surface area contributed by atoms with E-state index in [4.69, 9.17) is 0 Å². The van der Waals surface area contributed by atoms with Crippen LogP contribution in [-0.2, 0) is 0 Å². The maximum atomic E-state index is 14.5. The van der Waals surface area contributed by atoms with Crippen LogP contribution in [0.1, 0.15) is 18.1 Å². The molecule has 0 aromatic heterocycles. The van der Waals surface area contributed by atoms with Gasteiger partial charge >= 0.3 is 29.6 Å². The fourth-order valence-corrected chi connectivity index (χ4v) is 2.61. The first-order valence-electron chi connectivity index (χ1n) is 6.90. The zero-order valence-corrected chi connectivity index (χ0v) is 12.6. The normalized spacial score (nSPS) is 27.7. The minimum atomic E-state index is -7.30. The number of hydrogen-bond donors (Lipinski definition) is 1. The van der Waals surface area contributed by atoms with Crippen molar-refractivity contribution in [2.45, 2.75) is 47.8 Å². The molecule has 1 fully saturated rings. The summed E-state index contributed by atoms with van der Waals surface area (Å²) in [5.74, 6) is -36.7. The maximum Gasteiger partial charge on any atom is 0.384 e. The Morgan fingerprint density at radius 3 is 1.33 bits per heavy atom.